The molecule has 1 aromatic carbocycles. The second-order valence-corrected chi connectivity index (χ2v) is 6.23. The van der Waals surface area contributed by atoms with Gasteiger partial charge in [0.2, 0.25) is 0 Å². The van der Waals surface area contributed by atoms with Gasteiger partial charge in [0.25, 0.3) is 0 Å². The van der Waals surface area contributed by atoms with Crippen molar-refractivity contribution < 1.29 is 9.53 Å². The number of carbonyl (C=O) groups is 1. The molecule has 112 valence electrons. The molecule has 2 N–H and O–H groups in total. The van der Waals surface area contributed by atoms with Gasteiger partial charge in [0.15, 0.2) is 0 Å². The highest BCUT2D eigenvalue weighted by molar-refractivity contribution is 5.87. The second kappa shape index (κ2) is 5.53. The van der Waals surface area contributed by atoms with Gasteiger partial charge in [-0.2, -0.15) is 0 Å². The van der Waals surface area contributed by atoms with Crippen molar-refractivity contribution in [1.82, 2.24) is 10.3 Å². The number of fused-ring (bicyclic) bond motifs is 3. The van der Waals surface area contributed by atoms with Crippen molar-refractivity contribution in [3.63, 3.8) is 0 Å². The van der Waals surface area contributed by atoms with E-state index in [4.69, 9.17) is 4.74 Å². The number of ether oxygens (including phenoxy) is 1. The zero-order valence-electron chi connectivity index (χ0n) is 12.8. The van der Waals surface area contributed by atoms with Crippen LogP contribution in [0.3, 0.4) is 0 Å². The Morgan fingerprint density at radius 3 is 2.90 bits per heavy atom. The molecule has 0 radical (unpaired) electrons. The summed E-state index contributed by atoms with van der Waals surface area (Å²) in [7, 11) is 0. The Morgan fingerprint density at radius 2 is 2.14 bits per heavy atom. The Labute approximate surface area is 124 Å². The molecule has 2 unspecified atom stereocenters. The highest BCUT2D eigenvalue weighted by atomic mass is 16.5. The van der Waals surface area contributed by atoms with Gasteiger partial charge >= 0.3 is 5.97 Å². The fraction of sp³-hybridized carbons (Fsp3) is 0.471. The lowest BCUT2D eigenvalue weighted by molar-refractivity contribution is -0.147. The van der Waals surface area contributed by atoms with Gasteiger partial charge in [-0.05, 0) is 24.5 Å². The van der Waals surface area contributed by atoms with Gasteiger partial charge in [-0.15, -0.1) is 0 Å². The highest BCUT2D eigenvalue weighted by Gasteiger charge is 2.31. The Morgan fingerprint density at radius 1 is 1.38 bits per heavy atom. The molecule has 4 heteroatoms. The zero-order chi connectivity index (χ0) is 15.0. The van der Waals surface area contributed by atoms with Crippen LogP contribution in [-0.2, 0) is 16.0 Å². The minimum Gasteiger partial charge on any atom is -0.464 e. The first-order valence-electron chi connectivity index (χ1n) is 7.58. The molecular weight excluding hydrogens is 264 g/mol. The minimum absolute atomic E-state index is 0.123. The summed E-state index contributed by atoms with van der Waals surface area (Å²) in [5.74, 6) is 0.213. The Bertz CT molecular complexity index is 660. The number of para-hydroxylation sites is 1. The quantitative estimate of drug-likeness (QED) is 0.853. The molecule has 1 aromatic heterocycles. The first-order valence-corrected chi connectivity index (χ1v) is 7.58. The van der Waals surface area contributed by atoms with Crippen molar-refractivity contribution in [1.29, 1.82) is 0 Å². The van der Waals surface area contributed by atoms with E-state index in [1.54, 1.807) is 0 Å². The second-order valence-electron chi connectivity index (χ2n) is 6.23. The summed E-state index contributed by atoms with van der Waals surface area (Å²) in [4.78, 5) is 15.7. The fourth-order valence-corrected chi connectivity index (χ4v) is 2.96. The summed E-state index contributed by atoms with van der Waals surface area (Å²) < 4.78 is 5.38. The van der Waals surface area contributed by atoms with Crippen molar-refractivity contribution in [2.45, 2.75) is 39.3 Å². The topological polar surface area (TPSA) is 54.1 Å². The number of carbonyl (C=O) groups excluding carboxylic acids is 1. The van der Waals surface area contributed by atoms with Crippen LogP contribution in [0.25, 0.3) is 10.9 Å². The third-order valence-corrected chi connectivity index (χ3v) is 3.98. The third-order valence-electron chi connectivity index (χ3n) is 3.98. The number of H-pyrrole nitrogens is 1. The molecule has 2 aromatic rings. The number of esters is 1. The number of rotatable bonds is 3. The van der Waals surface area contributed by atoms with Gasteiger partial charge in [0, 0.05) is 29.1 Å². The maximum atomic E-state index is 12.2. The standard InChI is InChI=1S/C17H22N2O2/c1-10(2)9-21-17(20)15-8-13-12-6-4-5-7-14(12)19-16(13)11(3)18-15/h4-7,10-11,15,18-19H,8-9H2,1-3H3. The van der Waals surface area contributed by atoms with Crippen LogP contribution in [0.2, 0.25) is 0 Å². The van der Waals surface area contributed by atoms with Gasteiger partial charge in [0.1, 0.15) is 6.04 Å². The monoisotopic (exact) mass is 286 g/mol. The number of aromatic amines is 1. The molecule has 2 heterocycles. The van der Waals surface area contributed by atoms with E-state index >= 15 is 0 Å². The average Bonchev–Trinajstić information content (AvgIpc) is 2.84. The molecule has 4 nitrogen and oxygen atoms in total. The lowest BCUT2D eigenvalue weighted by atomic mass is 9.94. The molecule has 0 spiro atoms. The maximum absolute atomic E-state index is 12.2. The van der Waals surface area contributed by atoms with E-state index in [1.165, 1.54) is 16.6 Å². The molecule has 1 aliphatic heterocycles. The number of hydrogen-bond acceptors (Lipinski definition) is 3. The van der Waals surface area contributed by atoms with Crippen molar-refractivity contribution >= 4 is 16.9 Å². The molecule has 0 saturated heterocycles. The summed E-state index contributed by atoms with van der Waals surface area (Å²) in [5, 5.41) is 4.56. The lowest BCUT2D eigenvalue weighted by Gasteiger charge is -2.28. The van der Waals surface area contributed by atoms with Crippen LogP contribution in [0.4, 0.5) is 0 Å². The molecule has 0 saturated carbocycles. The van der Waals surface area contributed by atoms with Crippen LogP contribution in [0.1, 0.15) is 38.1 Å². The van der Waals surface area contributed by atoms with Gasteiger partial charge in [-0.25, -0.2) is 0 Å². The Kier molecular flexibility index (Phi) is 3.72. The summed E-state index contributed by atoms with van der Waals surface area (Å²) in [6.45, 7) is 6.65. The fourth-order valence-electron chi connectivity index (χ4n) is 2.96. The van der Waals surface area contributed by atoms with Gasteiger partial charge in [-0.3, -0.25) is 10.1 Å². The van der Waals surface area contributed by atoms with E-state index in [2.05, 4.69) is 29.4 Å². The molecule has 0 bridgehead atoms. The SMILES string of the molecule is CC(C)COC(=O)C1Cc2c([nH]c3ccccc23)C(C)N1. The third kappa shape index (κ3) is 2.68. The molecule has 2 atom stereocenters. The summed E-state index contributed by atoms with van der Waals surface area (Å²) in [6.07, 6.45) is 0.681. The van der Waals surface area contributed by atoms with Gasteiger partial charge in [-0.1, -0.05) is 32.0 Å². The number of hydrogen-bond donors (Lipinski definition) is 2. The van der Waals surface area contributed by atoms with Crippen LogP contribution in [0.15, 0.2) is 24.3 Å². The summed E-state index contributed by atoms with van der Waals surface area (Å²) >= 11 is 0. The normalized spacial score (nSPS) is 21.5. The maximum Gasteiger partial charge on any atom is 0.323 e. The molecule has 0 aliphatic carbocycles. The molecule has 0 fully saturated rings. The smallest absolute Gasteiger partial charge is 0.323 e. The average molecular weight is 286 g/mol. The Balaban J connectivity index is 1.85. The zero-order valence-corrected chi connectivity index (χ0v) is 12.8. The van der Waals surface area contributed by atoms with E-state index in [9.17, 15) is 4.79 Å². The van der Waals surface area contributed by atoms with Gasteiger partial charge < -0.3 is 9.72 Å². The predicted molar refractivity (Wildman–Crippen MR) is 83.1 cm³/mol. The highest BCUT2D eigenvalue weighted by Crippen LogP contribution is 2.31. The minimum atomic E-state index is -0.259. The van der Waals surface area contributed by atoms with Crippen LogP contribution < -0.4 is 5.32 Å². The first-order chi connectivity index (χ1) is 10.1. The van der Waals surface area contributed by atoms with Crippen LogP contribution >= 0.6 is 0 Å². The Hall–Kier alpha value is -1.81. The van der Waals surface area contributed by atoms with E-state index in [1.807, 2.05) is 26.0 Å². The van der Waals surface area contributed by atoms with E-state index in [0.29, 0.717) is 18.9 Å². The van der Waals surface area contributed by atoms with Crippen molar-refractivity contribution in [3.8, 4) is 0 Å². The van der Waals surface area contributed by atoms with Crippen molar-refractivity contribution in [2.75, 3.05) is 6.61 Å². The first kappa shape index (κ1) is 14.1. The lowest BCUT2D eigenvalue weighted by Crippen LogP contribution is -2.44. The van der Waals surface area contributed by atoms with Gasteiger partial charge in [0.05, 0.1) is 6.61 Å². The number of benzene rings is 1. The summed E-state index contributed by atoms with van der Waals surface area (Å²) in [6, 6.07) is 8.11. The molecule has 0 amide bonds. The van der Waals surface area contributed by atoms with Crippen molar-refractivity contribution in [3.05, 3.63) is 35.5 Å². The van der Waals surface area contributed by atoms with E-state index < -0.39 is 0 Å². The van der Waals surface area contributed by atoms with Crippen molar-refractivity contribution in [2.24, 2.45) is 5.92 Å². The summed E-state index contributed by atoms with van der Waals surface area (Å²) in [5.41, 5.74) is 3.56. The predicted octanol–water partition coefficient (Wildman–Crippen LogP) is 2.94. The molecule has 1 aliphatic rings. The van der Waals surface area contributed by atoms with Crippen LogP contribution in [0.5, 0.6) is 0 Å². The van der Waals surface area contributed by atoms with E-state index in [0.717, 1.165) is 5.52 Å². The van der Waals surface area contributed by atoms with E-state index in [-0.39, 0.29) is 18.1 Å². The molecule has 21 heavy (non-hydrogen) atoms. The molecular formula is C17H22N2O2. The number of aromatic nitrogens is 1. The van der Waals surface area contributed by atoms with Crippen LogP contribution in [0, 0.1) is 5.92 Å². The largest absolute Gasteiger partial charge is 0.464 e. The van der Waals surface area contributed by atoms with Crippen LogP contribution in [-0.4, -0.2) is 23.6 Å². The molecule has 3 rings (SSSR count). The number of nitrogens with one attached hydrogen (secondary N) is 2.